The van der Waals surface area contributed by atoms with E-state index in [1.165, 1.54) is 23.0 Å². The van der Waals surface area contributed by atoms with E-state index >= 15 is 0 Å². The summed E-state index contributed by atoms with van der Waals surface area (Å²) in [5.74, 6) is 0.503. The van der Waals surface area contributed by atoms with Crippen molar-refractivity contribution in [2.75, 3.05) is 0 Å². The third kappa shape index (κ3) is 7.14. The van der Waals surface area contributed by atoms with E-state index in [1.807, 2.05) is 37.5 Å². The molecule has 182 valence electrons. The van der Waals surface area contributed by atoms with Gasteiger partial charge in [-0.1, -0.05) is 49.6 Å². The van der Waals surface area contributed by atoms with Crippen LogP contribution in [0.2, 0.25) is 0 Å². The van der Waals surface area contributed by atoms with Crippen LogP contribution < -0.4 is 0 Å². The fourth-order valence-corrected chi connectivity index (χ4v) is 4.53. The molecule has 4 aromatic rings. The summed E-state index contributed by atoms with van der Waals surface area (Å²) in [6.07, 6.45) is 11.3. The Morgan fingerprint density at radius 1 is 1.22 bits per heavy atom. The van der Waals surface area contributed by atoms with E-state index in [1.54, 1.807) is 18.2 Å². The molecule has 1 aromatic carbocycles. The van der Waals surface area contributed by atoms with Crippen LogP contribution in [0.5, 0.6) is 0 Å². The molecule has 0 N–H and O–H groups in total. The summed E-state index contributed by atoms with van der Waals surface area (Å²) in [5.41, 5.74) is 5.03. The van der Waals surface area contributed by atoms with Crippen molar-refractivity contribution >= 4 is 42.9 Å². The van der Waals surface area contributed by atoms with E-state index in [0.29, 0.717) is 11.5 Å². The second-order valence-corrected chi connectivity index (χ2v) is 9.09. The van der Waals surface area contributed by atoms with Gasteiger partial charge in [-0.15, -0.1) is 54.6 Å². The molecular weight excluding hydrogens is 639 g/mol. The number of thiophene rings is 1. The fourth-order valence-electron chi connectivity index (χ4n) is 3.27. The maximum atomic E-state index is 10.3. The van der Waals surface area contributed by atoms with Gasteiger partial charge in [0, 0.05) is 18.5 Å². The molecule has 0 saturated heterocycles. The van der Waals surface area contributed by atoms with E-state index in [0.717, 1.165) is 37.1 Å². The third-order valence-corrected chi connectivity index (χ3v) is 6.23. The smallest absolute Gasteiger partial charge is 0.855 e. The summed E-state index contributed by atoms with van der Waals surface area (Å²) in [5, 5.41) is 11.2. The summed E-state index contributed by atoms with van der Waals surface area (Å²) in [4.78, 5) is 8.72. The number of nitrogens with zero attached hydrogens (tertiary/aromatic N) is 3. The molecule has 3 heterocycles. The van der Waals surface area contributed by atoms with Crippen molar-refractivity contribution in [1.29, 1.82) is 0 Å². The number of fused-ring (bicyclic) bond motifs is 3. The molecule has 5 heteroatoms. The molecule has 3 nitrogen and oxygen atoms in total. The normalized spacial score (nSPS) is 12.2. The number of benzene rings is 1. The van der Waals surface area contributed by atoms with Crippen LogP contribution >= 0.6 is 11.3 Å². The Kier molecular flexibility index (Phi) is 9.86. The molecule has 0 bridgehead atoms. The van der Waals surface area contributed by atoms with E-state index in [-0.39, 0.29) is 37.9 Å². The molecule has 0 amide bonds. The number of hydrogen-bond acceptors (Lipinski definition) is 3. The van der Waals surface area contributed by atoms with Gasteiger partial charge in [0.25, 0.3) is 0 Å². The molecular formula is C31H28IrN3S. The van der Waals surface area contributed by atoms with Crippen LogP contribution in [-0.2, 0) is 20.1 Å². The van der Waals surface area contributed by atoms with Crippen molar-refractivity contribution in [1.82, 2.24) is 9.97 Å². The monoisotopic (exact) mass is 669 g/mol. The first-order valence-electron chi connectivity index (χ1n) is 12.1. The predicted molar refractivity (Wildman–Crippen MR) is 153 cm³/mol. The molecule has 0 aliphatic rings. The Labute approximate surface area is 234 Å². The maximum absolute atomic E-state index is 10.3. The average molecular weight is 669 g/mol. The summed E-state index contributed by atoms with van der Waals surface area (Å²) >= 11 is 1.50. The minimum absolute atomic E-state index is 0. The van der Waals surface area contributed by atoms with Crippen molar-refractivity contribution in [3.8, 4) is 0 Å². The molecule has 0 spiro atoms. The van der Waals surface area contributed by atoms with Gasteiger partial charge in [-0.05, 0) is 40.9 Å². The number of hydrogen-bond donors (Lipinski definition) is 0. The molecule has 0 saturated carbocycles. The first-order chi connectivity index (χ1) is 17.7. The topological polar surface area (TPSA) is 48.1 Å². The van der Waals surface area contributed by atoms with Crippen molar-refractivity contribution in [2.24, 2.45) is 0 Å². The Bertz CT molecular complexity index is 1560. The molecule has 3 aromatic heterocycles. The molecule has 0 atom stereocenters. The van der Waals surface area contributed by atoms with Crippen molar-refractivity contribution in [3.63, 3.8) is 0 Å². The van der Waals surface area contributed by atoms with Crippen LogP contribution in [0.25, 0.3) is 31.3 Å². The first kappa shape index (κ1) is 25.8. The molecule has 0 radical (unpaired) electrons. The first-order valence-corrected chi connectivity index (χ1v) is 11.9. The van der Waals surface area contributed by atoms with Gasteiger partial charge in [0.2, 0.25) is 0 Å². The minimum atomic E-state index is -0.265. The summed E-state index contributed by atoms with van der Waals surface area (Å²) in [6.45, 7) is 17.3. The summed E-state index contributed by atoms with van der Waals surface area (Å²) in [6, 6.07) is 12.3. The largest absolute Gasteiger partial charge is 3.00 e. The second kappa shape index (κ2) is 13.7. The SMILES string of the molecule is C=CC=[C-]C(=C)c1cc(C(C)C)ccn1.[2H]/C(C=C)=C(\[2H])C(=[N-])c1[c-]ccc2c1sc1cc(C)cnc12.[Ir+3]. The third-order valence-electron chi connectivity index (χ3n) is 5.07. The number of aromatic nitrogens is 2. The minimum Gasteiger partial charge on any atom is -0.855 e. The average Bonchev–Trinajstić information content (AvgIpc) is 3.28. The molecule has 4 rings (SSSR count). The fraction of sp³-hybridized carbons (Fsp3) is 0.129. The van der Waals surface area contributed by atoms with Crippen LogP contribution in [-0.4, -0.2) is 15.7 Å². The Morgan fingerprint density at radius 3 is 2.69 bits per heavy atom. The Hall–Kier alpha value is -3.24. The van der Waals surface area contributed by atoms with Gasteiger partial charge >= 0.3 is 20.1 Å². The van der Waals surface area contributed by atoms with Gasteiger partial charge < -0.3 is 10.4 Å². The van der Waals surface area contributed by atoms with E-state index in [4.69, 9.17) is 2.74 Å². The molecule has 0 unspecified atom stereocenters. The van der Waals surface area contributed by atoms with E-state index in [2.05, 4.69) is 61.8 Å². The summed E-state index contributed by atoms with van der Waals surface area (Å²) < 4.78 is 17.3. The molecule has 0 fully saturated rings. The Morgan fingerprint density at radius 2 is 2.00 bits per heavy atom. The van der Waals surface area contributed by atoms with Crippen molar-refractivity contribution in [2.45, 2.75) is 26.7 Å². The number of allylic oxidation sites excluding steroid dienone is 7. The van der Waals surface area contributed by atoms with Crippen molar-refractivity contribution < 1.29 is 22.8 Å². The van der Waals surface area contributed by atoms with Crippen LogP contribution in [0.1, 0.15) is 44.9 Å². The zero-order valence-electron chi connectivity index (χ0n) is 22.6. The van der Waals surface area contributed by atoms with Crippen LogP contribution in [0.4, 0.5) is 0 Å². The van der Waals surface area contributed by atoms with Gasteiger partial charge in [0.05, 0.1) is 6.89 Å². The van der Waals surface area contributed by atoms with Crippen LogP contribution in [0.3, 0.4) is 0 Å². The number of pyridine rings is 2. The standard InChI is InChI=1S/C17H12N2S.C14H16N.Ir/c1-3-4-8-14(18)12-6-5-7-13-16-15(20-17(12)13)9-11(2)10-19-16;1-5-6-7-12(4)14-10-13(11(2)3)8-9-15-14;/h3-5,7-10H,1H2,2H3;5-6,8-11H,1,4H2,2-3H3;/q-2;-1;+3/b8-4-;;/i4D,8D;;. The maximum Gasteiger partial charge on any atom is 3.00 e. The quantitative estimate of drug-likeness (QED) is 0.113. The molecule has 36 heavy (non-hydrogen) atoms. The van der Waals surface area contributed by atoms with E-state index < -0.39 is 0 Å². The Balaban J connectivity index is 0.000000280. The van der Waals surface area contributed by atoms with Gasteiger partial charge in [-0.25, -0.2) is 5.71 Å². The predicted octanol–water partition coefficient (Wildman–Crippen LogP) is 8.42. The molecule has 0 aliphatic heterocycles. The van der Waals surface area contributed by atoms with Crippen molar-refractivity contribution in [3.05, 3.63) is 133 Å². The zero-order chi connectivity index (χ0) is 27.1. The molecule has 0 aliphatic carbocycles. The summed E-state index contributed by atoms with van der Waals surface area (Å²) in [7, 11) is 0. The van der Waals surface area contributed by atoms with Gasteiger partial charge in [-0.2, -0.15) is 23.5 Å². The van der Waals surface area contributed by atoms with Gasteiger partial charge in [0.1, 0.15) is 0 Å². The van der Waals surface area contributed by atoms with Crippen LogP contribution in [0, 0.1) is 19.1 Å². The van der Waals surface area contributed by atoms with Crippen LogP contribution in [0.15, 0.2) is 92.8 Å². The van der Waals surface area contributed by atoms with Gasteiger partial charge in [0.15, 0.2) is 0 Å². The number of aryl methyl sites for hydroxylation is 1. The number of rotatable bonds is 7. The zero-order valence-corrected chi connectivity index (χ0v) is 23.8. The van der Waals surface area contributed by atoms with E-state index in [9.17, 15) is 5.41 Å². The van der Waals surface area contributed by atoms with Gasteiger partial charge in [-0.3, -0.25) is 4.98 Å². The second-order valence-electron chi connectivity index (χ2n) is 8.03.